The third-order valence-corrected chi connectivity index (χ3v) is 9.51. The van der Waals surface area contributed by atoms with E-state index in [1.807, 2.05) is 80.0 Å². The van der Waals surface area contributed by atoms with Gasteiger partial charge in [0.25, 0.3) is 0 Å². The van der Waals surface area contributed by atoms with E-state index >= 15 is 0 Å². The largest absolute Gasteiger partial charge is 0.494 e. The maximum atomic E-state index is 6.09. The van der Waals surface area contributed by atoms with Crippen molar-refractivity contribution in [1.29, 1.82) is 0 Å². The Hall–Kier alpha value is -6.47. The zero-order valence-corrected chi connectivity index (χ0v) is 30.6. The molecule has 0 spiro atoms. The van der Waals surface area contributed by atoms with Gasteiger partial charge in [-0.2, -0.15) is 0 Å². The minimum absolute atomic E-state index is 0.614. The molecule has 8 aromatic rings. The number of pyridine rings is 5. The Labute approximate surface area is 315 Å². The van der Waals surface area contributed by atoms with Gasteiger partial charge in [0, 0.05) is 34.4 Å². The summed E-state index contributed by atoms with van der Waals surface area (Å²) >= 11 is 0. The molecule has 0 fully saturated rings. The molecule has 54 heavy (non-hydrogen) atoms. The molecule has 0 aliphatic rings. The number of fused-ring (bicyclic) bond motifs is 3. The molecule has 8 rings (SSSR count). The molecule has 0 N–H and O–H groups in total. The molecule has 3 aromatic carbocycles. The zero-order chi connectivity index (χ0) is 36.7. The molecule has 0 unspecified atom stereocenters. The van der Waals surface area contributed by atoms with Crippen molar-refractivity contribution in [3.63, 3.8) is 0 Å². The fraction of sp³-hybridized carbons (Fsp3) is 0.170. The fourth-order valence-corrected chi connectivity index (χ4v) is 6.48. The summed E-state index contributed by atoms with van der Waals surface area (Å²) in [5.74, 6) is 1.75. The zero-order valence-electron chi connectivity index (χ0n) is 30.6. The molecule has 0 amide bonds. The third kappa shape index (κ3) is 8.26. The number of nitrogens with zero attached hydrogens (tertiary/aromatic N) is 5. The van der Waals surface area contributed by atoms with Gasteiger partial charge in [0.15, 0.2) is 0 Å². The Morgan fingerprint density at radius 1 is 0.444 bits per heavy atom. The molecule has 0 aliphatic heterocycles. The van der Waals surface area contributed by atoms with E-state index in [4.69, 9.17) is 34.4 Å². The van der Waals surface area contributed by atoms with Gasteiger partial charge < -0.3 is 9.47 Å². The van der Waals surface area contributed by atoms with Crippen LogP contribution in [0.5, 0.6) is 11.5 Å². The minimum Gasteiger partial charge on any atom is -0.494 e. The number of hydrogen-bond acceptors (Lipinski definition) is 7. The van der Waals surface area contributed by atoms with Crippen LogP contribution in [0.25, 0.3) is 55.8 Å². The maximum Gasteiger partial charge on any atom is 0.119 e. The third-order valence-electron chi connectivity index (χ3n) is 9.51. The maximum absolute atomic E-state index is 6.09. The standard InChI is InChI=1S/C47H41N5O2/c1-32-10-21-39(22-11-32)53-28-4-6-34-13-25-42(48-30-34)44-8-3-9-45(51-44)43-26-14-35(31-49-43)7-5-29-54-40-23-18-36(19-24-40)41-27-20-38-17-16-37-15-12-33(2)50-46(37)47(38)52-41/h3,8-27,30-31H,4-7,28-29H2,1-2H3. The van der Waals surface area contributed by atoms with E-state index in [-0.39, 0.29) is 0 Å². The quantitative estimate of drug-likeness (QED) is 0.0871. The molecule has 0 radical (unpaired) electrons. The van der Waals surface area contributed by atoms with Crippen LogP contribution in [-0.4, -0.2) is 38.1 Å². The summed E-state index contributed by atoms with van der Waals surface area (Å²) in [6, 6.07) is 43.2. The van der Waals surface area contributed by atoms with Crippen LogP contribution in [0.1, 0.15) is 35.2 Å². The van der Waals surface area contributed by atoms with Gasteiger partial charge in [-0.3, -0.25) is 15.0 Å². The average molecular weight is 708 g/mol. The monoisotopic (exact) mass is 707 g/mol. The predicted molar refractivity (Wildman–Crippen MR) is 217 cm³/mol. The molecule has 0 atom stereocenters. The van der Waals surface area contributed by atoms with Crippen molar-refractivity contribution in [2.75, 3.05) is 13.2 Å². The van der Waals surface area contributed by atoms with E-state index in [1.54, 1.807) is 0 Å². The highest BCUT2D eigenvalue weighted by atomic mass is 16.5. The topological polar surface area (TPSA) is 82.9 Å². The molecule has 5 aromatic heterocycles. The van der Waals surface area contributed by atoms with Crippen molar-refractivity contribution in [3.8, 4) is 45.5 Å². The number of rotatable bonds is 13. The molecule has 0 aliphatic carbocycles. The summed E-state index contributed by atoms with van der Waals surface area (Å²) < 4.78 is 12.0. The predicted octanol–water partition coefficient (Wildman–Crippen LogP) is 10.6. The first kappa shape index (κ1) is 34.6. The van der Waals surface area contributed by atoms with Crippen LogP contribution in [-0.2, 0) is 12.8 Å². The van der Waals surface area contributed by atoms with Crippen LogP contribution in [0.15, 0.2) is 140 Å². The summed E-state index contributed by atoms with van der Waals surface area (Å²) in [5.41, 5.74) is 11.7. The average Bonchev–Trinajstić information content (AvgIpc) is 3.22. The van der Waals surface area contributed by atoms with Gasteiger partial charge in [-0.15, -0.1) is 0 Å². The fourth-order valence-electron chi connectivity index (χ4n) is 6.48. The second kappa shape index (κ2) is 16.0. The van der Waals surface area contributed by atoms with Gasteiger partial charge in [0.2, 0.25) is 0 Å². The highest BCUT2D eigenvalue weighted by molar-refractivity contribution is 6.03. The van der Waals surface area contributed by atoms with Crippen LogP contribution in [0.2, 0.25) is 0 Å². The van der Waals surface area contributed by atoms with E-state index in [9.17, 15) is 0 Å². The normalized spacial score (nSPS) is 11.2. The lowest BCUT2D eigenvalue weighted by atomic mass is 10.1. The smallest absolute Gasteiger partial charge is 0.119 e. The number of hydrogen-bond donors (Lipinski definition) is 0. The first-order valence-corrected chi connectivity index (χ1v) is 18.5. The first-order valence-electron chi connectivity index (χ1n) is 18.5. The van der Waals surface area contributed by atoms with Crippen molar-refractivity contribution < 1.29 is 9.47 Å². The van der Waals surface area contributed by atoms with E-state index in [0.29, 0.717) is 13.2 Å². The molecule has 5 heterocycles. The Morgan fingerprint density at radius 3 is 1.54 bits per heavy atom. The van der Waals surface area contributed by atoms with Crippen molar-refractivity contribution >= 4 is 21.8 Å². The van der Waals surface area contributed by atoms with Crippen LogP contribution in [0.3, 0.4) is 0 Å². The second-order valence-corrected chi connectivity index (χ2v) is 13.6. The summed E-state index contributed by atoms with van der Waals surface area (Å²) in [6.45, 7) is 5.37. The first-order chi connectivity index (χ1) is 26.5. The lowest BCUT2D eigenvalue weighted by Crippen LogP contribution is -2.00. The number of ether oxygens (including phenoxy) is 2. The van der Waals surface area contributed by atoms with E-state index in [0.717, 1.165) is 104 Å². The Bertz CT molecular complexity index is 2500. The summed E-state index contributed by atoms with van der Waals surface area (Å²) in [4.78, 5) is 24.1. The molecule has 7 heteroatoms. The van der Waals surface area contributed by atoms with Gasteiger partial charge in [-0.25, -0.2) is 9.97 Å². The summed E-state index contributed by atoms with van der Waals surface area (Å²) in [6.07, 6.45) is 7.45. The van der Waals surface area contributed by atoms with Crippen LogP contribution in [0.4, 0.5) is 0 Å². The second-order valence-electron chi connectivity index (χ2n) is 13.6. The molecule has 0 saturated heterocycles. The molecule has 7 nitrogen and oxygen atoms in total. The van der Waals surface area contributed by atoms with Crippen molar-refractivity contribution in [2.45, 2.75) is 39.5 Å². The van der Waals surface area contributed by atoms with E-state index < -0.39 is 0 Å². The molecule has 266 valence electrons. The van der Waals surface area contributed by atoms with Gasteiger partial charge in [0.1, 0.15) is 11.5 Å². The highest BCUT2D eigenvalue weighted by Gasteiger charge is 2.09. The Morgan fingerprint density at radius 2 is 0.963 bits per heavy atom. The highest BCUT2D eigenvalue weighted by Crippen LogP contribution is 2.28. The molecular formula is C47H41N5O2. The molecule has 0 saturated carbocycles. The Balaban J connectivity index is 0.813. The van der Waals surface area contributed by atoms with E-state index in [2.05, 4.69) is 73.7 Å². The van der Waals surface area contributed by atoms with Crippen LogP contribution < -0.4 is 9.47 Å². The van der Waals surface area contributed by atoms with Crippen molar-refractivity contribution in [3.05, 3.63) is 162 Å². The van der Waals surface area contributed by atoms with Crippen molar-refractivity contribution in [1.82, 2.24) is 24.9 Å². The Kier molecular flexibility index (Phi) is 10.3. The van der Waals surface area contributed by atoms with Gasteiger partial charge >= 0.3 is 0 Å². The van der Waals surface area contributed by atoms with E-state index in [1.165, 1.54) is 11.1 Å². The number of aryl methyl sites for hydroxylation is 4. The van der Waals surface area contributed by atoms with Gasteiger partial charge in [0.05, 0.1) is 52.7 Å². The number of aromatic nitrogens is 5. The van der Waals surface area contributed by atoms with Crippen LogP contribution in [0, 0.1) is 13.8 Å². The number of benzene rings is 3. The van der Waals surface area contributed by atoms with Gasteiger partial charge in [-0.05, 0) is 123 Å². The molecular weight excluding hydrogens is 667 g/mol. The molecule has 0 bridgehead atoms. The van der Waals surface area contributed by atoms with Gasteiger partial charge in [-0.1, -0.05) is 60.2 Å². The summed E-state index contributed by atoms with van der Waals surface area (Å²) in [7, 11) is 0. The lowest BCUT2D eigenvalue weighted by Gasteiger charge is -2.09. The SMILES string of the molecule is Cc1ccc(OCCCc2ccc(-c3cccc(-c4ccc(CCCOc5ccc(-c6ccc7ccc8ccc(C)nc8c7n6)cc5)cn4)n3)nc2)cc1. The van der Waals surface area contributed by atoms with Crippen molar-refractivity contribution in [2.24, 2.45) is 0 Å². The van der Waals surface area contributed by atoms with Crippen LogP contribution >= 0.6 is 0 Å². The lowest BCUT2D eigenvalue weighted by molar-refractivity contribution is 0.311. The summed E-state index contributed by atoms with van der Waals surface area (Å²) in [5, 5.41) is 2.18. The minimum atomic E-state index is 0.614.